The highest BCUT2D eigenvalue weighted by molar-refractivity contribution is 5.44. The second kappa shape index (κ2) is 8.02. The van der Waals surface area contributed by atoms with Crippen molar-refractivity contribution in [2.45, 2.75) is 25.5 Å². The molecule has 1 aliphatic heterocycles. The Labute approximate surface area is 147 Å². The second-order valence-corrected chi connectivity index (χ2v) is 6.02. The number of ether oxygens (including phenoxy) is 2. The number of rotatable bonds is 6. The van der Waals surface area contributed by atoms with E-state index in [9.17, 15) is 5.11 Å². The highest BCUT2D eigenvalue weighted by Gasteiger charge is 2.17. The molecule has 2 atom stereocenters. The third-order valence-corrected chi connectivity index (χ3v) is 4.36. The van der Waals surface area contributed by atoms with E-state index in [2.05, 4.69) is 18.3 Å². The molecule has 0 spiro atoms. The first kappa shape index (κ1) is 17.3. The Kier molecular flexibility index (Phi) is 5.54. The first-order valence-corrected chi connectivity index (χ1v) is 8.52. The van der Waals surface area contributed by atoms with Crippen molar-refractivity contribution < 1.29 is 14.6 Å². The lowest BCUT2D eigenvalue weighted by Crippen LogP contribution is -2.26. The Balaban J connectivity index is 1.64. The van der Waals surface area contributed by atoms with Crippen molar-refractivity contribution in [3.05, 3.63) is 59.2 Å². The molecule has 0 saturated carbocycles. The van der Waals surface area contributed by atoms with Gasteiger partial charge in [0.25, 0.3) is 0 Å². The second-order valence-electron chi connectivity index (χ2n) is 6.02. The van der Waals surface area contributed by atoms with Crippen molar-refractivity contribution in [3.8, 4) is 17.6 Å². The summed E-state index contributed by atoms with van der Waals surface area (Å²) in [7, 11) is 0. The summed E-state index contributed by atoms with van der Waals surface area (Å²) in [4.78, 5) is 0. The summed E-state index contributed by atoms with van der Waals surface area (Å²) in [6, 6.07) is 15.2. The Morgan fingerprint density at radius 1 is 1.08 bits per heavy atom. The molecule has 25 heavy (non-hydrogen) atoms. The van der Waals surface area contributed by atoms with Crippen LogP contribution in [0.15, 0.2) is 42.5 Å². The van der Waals surface area contributed by atoms with Crippen LogP contribution < -0.4 is 14.8 Å². The fourth-order valence-corrected chi connectivity index (χ4v) is 2.93. The zero-order valence-electron chi connectivity index (χ0n) is 14.2. The highest BCUT2D eigenvalue weighted by atomic mass is 16.6. The minimum absolute atomic E-state index is 0.115. The lowest BCUT2D eigenvalue weighted by Gasteiger charge is -2.23. The molecule has 2 aromatic carbocycles. The molecule has 3 rings (SSSR count). The van der Waals surface area contributed by atoms with Crippen LogP contribution in [0.2, 0.25) is 0 Å². The molecule has 0 radical (unpaired) electrons. The minimum Gasteiger partial charge on any atom is -0.486 e. The van der Waals surface area contributed by atoms with Crippen LogP contribution in [0.25, 0.3) is 0 Å². The summed E-state index contributed by atoms with van der Waals surface area (Å²) >= 11 is 0. The van der Waals surface area contributed by atoms with E-state index in [1.54, 1.807) is 24.3 Å². The number of aliphatic hydroxyl groups excluding tert-OH is 1. The quantitative estimate of drug-likeness (QED) is 0.846. The molecule has 0 unspecified atom stereocenters. The maximum Gasteiger partial charge on any atom is 0.161 e. The average Bonchev–Trinajstić information content (AvgIpc) is 2.68. The molecular weight excluding hydrogens is 316 g/mol. The molecular formula is C20H22N2O3. The van der Waals surface area contributed by atoms with Crippen LogP contribution in [0.4, 0.5) is 0 Å². The lowest BCUT2D eigenvalue weighted by molar-refractivity contribution is 0.167. The summed E-state index contributed by atoms with van der Waals surface area (Å²) in [6.45, 7) is 3.68. The molecule has 0 aliphatic carbocycles. The maximum atomic E-state index is 10.4. The van der Waals surface area contributed by atoms with Crippen LogP contribution in [0.5, 0.6) is 11.5 Å². The van der Waals surface area contributed by atoms with Crippen molar-refractivity contribution in [2.75, 3.05) is 19.8 Å². The predicted octanol–water partition coefficient (Wildman–Crippen LogP) is 3.10. The molecule has 1 heterocycles. The van der Waals surface area contributed by atoms with Crippen molar-refractivity contribution in [1.82, 2.24) is 5.32 Å². The van der Waals surface area contributed by atoms with Crippen molar-refractivity contribution in [1.29, 1.82) is 5.26 Å². The van der Waals surface area contributed by atoms with Crippen LogP contribution in [-0.2, 0) is 0 Å². The number of nitriles is 1. The third-order valence-electron chi connectivity index (χ3n) is 4.36. The van der Waals surface area contributed by atoms with E-state index in [4.69, 9.17) is 14.7 Å². The van der Waals surface area contributed by atoms with Gasteiger partial charge in [0.05, 0.1) is 17.7 Å². The molecule has 5 heteroatoms. The van der Waals surface area contributed by atoms with Gasteiger partial charge >= 0.3 is 0 Å². The summed E-state index contributed by atoms with van der Waals surface area (Å²) in [5.74, 6) is 1.55. The number of fused-ring (bicyclic) bond motifs is 1. The van der Waals surface area contributed by atoms with Gasteiger partial charge in [0, 0.05) is 12.6 Å². The first-order chi connectivity index (χ1) is 12.2. The van der Waals surface area contributed by atoms with Gasteiger partial charge in [-0.25, -0.2) is 0 Å². The zero-order chi connectivity index (χ0) is 17.6. The molecule has 2 N–H and O–H groups in total. The van der Waals surface area contributed by atoms with Gasteiger partial charge in [0.2, 0.25) is 0 Å². The van der Waals surface area contributed by atoms with Crippen LogP contribution >= 0.6 is 0 Å². The summed E-state index contributed by atoms with van der Waals surface area (Å²) < 4.78 is 11.2. The van der Waals surface area contributed by atoms with Crippen LogP contribution in [0.1, 0.15) is 42.2 Å². The molecule has 0 fully saturated rings. The Morgan fingerprint density at radius 2 is 1.76 bits per heavy atom. The van der Waals surface area contributed by atoms with Gasteiger partial charge in [0.1, 0.15) is 13.2 Å². The predicted molar refractivity (Wildman–Crippen MR) is 94.6 cm³/mol. The topological polar surface area (TPSA) is 74.5 Å². The van der Waals surface area contributed by atoms with Gasteiger partial charge < -0.3 is 19.9 Å². The summed E-state index contributed by atoms with van der Waals surface area (Å²) in [5.41, 5.74) is 2.49. The zero-order valence-corrected chi connectivity index (χ0v) is 14.2. The number of nitrogens with one attached hydrogen (secondary N) is 1. The maximum absolute atomic E-state index is 10.4. The SMILES string of the molecule is CC[C@H](NC[C@@H](O)c1ccc(C#N)cc1)c1ccc2c(c1)OCCO2. The molecule has 0 saturated heterocycles. The number of nitrogens with zero attached hydrogens (tertiary/aromatic N) is 1. The van der Waals surface area contributed by atoms with E-state index in [0.29, 0.717) is 25.3 Å². The van der Waals surface area contributed by atoms with E-state index in [1.165, 1.54) is 0 Å². The third kappa shape index (κ3) is 4.11. The van der Waals surface area contributed by atoms with Gasteiger partial charge in [-0.2, -0.15) is 5.26 Å². The van der Waals surface area contributed by atoms with Crippen LogP contribution in [-0.4, -0.2) is 24.9 Å². The molecule has 2 aromatic rings. The van der Waals surface area contributed by atoms with Crippen molar-refractivity contribution in [2.24, 2.45) is 0 Å². The fraction of sp³-hybridized carbons (Fsp3) is 0.350. The highest BCUT2D eigenvalue weighted by Crippen LogP contribution is 2.33. The molecule has 0 bridgehead atoms. The van der Waals surface area contributed by atoms with Gasteiger partial charge in [-0.3, -0.25) is 0 Å². The largest absolute Gasteiger partial charge is 0.486 e. The summed E-state index contributed by atoms with van der Waals surface area (Å²) in [5, 5.41) is 22.6. The van der Waals surface area contributed by atoms with E-state index in [-0.39, 0.29) is 6.04 Å². The number of hydrogen-bond acceptors (Lipinski definition) is 5. The lowest BCUT2D eigenvalue weighted by atomic mass is 10.0. The van der Waals surface area contributed by atoms with Gasteiger partial charge in [-0.05, 0) is 41.8 Å². The monoisotopic (exact) mass is 338 g/mol. The Hall–Kier alpha value is -2.55. The molecule has 1 aliphatic rings. The smallest absolute Gasteiger partial charge is 0.161 e. The van der Waals surface area contributed by atoms with Gasteiger partial charge in [-0.1, -0.05) is 25.1 Å². The fourth-order valence-electron chi connectivity index (χ4n) is 2.93. The molecule has 0 amide bonds. The average molecular weight is 338 g/mol. The standard InChI is InChI=1S/C20H22N2O3/c1-2-17(16-7-8-19-20(11-16)25-10-9-24-19)22-13-18(23)15-5-3-14(12-21)4-6-15/h3-8,11,17-18,22-23H,2,9-10,13H2,1H3/t17-,18+/m0/s1. The van der Waals surface area contributed by atoms with E-state index in [1.807, 2.05) is 18.2 Å². The molecule has 130 valence electrons. The normalized spacial score (nSPS) is 15.2. The van der Waals surface area contributed by atoms with Crippen LogP contribution in [0.3, 0.4) is 0 Å². The minimum atomic E-state index is -0.626. The van der Waals surface area contributed by atoms with Gasteiger partial charge in [0.15, 0.2) is 11.5 Å². The van der Waals surface area contributed by atoms with Crippen molar-refractivity contribution in [3.63, 3.8) is 0 Å². The Morgan fingerprint density at radius 3 is 2.44 bits per heavy atom. The van der Waals surface area contributed by atoms with E-state index >= 15 is 0 Å². The number of aliphatic hydroxyl groups is 1. The van der Waals surface area contributed by atoms with Crippen LogP contribution in [0, 0.1) is 11.3 Å². The van der Waals surface area contributed by atoms with Gasteiger partial charge in [-0.15, -0.1) is 0 Å². The van der Waals surface area contributed by atoms with E-state index < -0.39 is 6.10 Å². The number of hydrogen-bond donors (Lipinski definition) is 2. The first-order valence-electron chi connectivity index (χ1n) is 8.52. The summed E-state index contributed by atoms with van der Waals surface area (Å²) in [6.07, 6.45) is 0.263. The van der Waals surface area contributed by atoms with Crippen molar-refractivity contribution >= 4 is 0 Å². The molecule has 0 aromatic heterocycles. The Bertz CT molecular complexity index is 753. The number of benzene rings is 2. The molecule has 5 nitrogen and oxygen atoms in total. The van der Waals surface area contributed by atoms with E-state index in [0.717, 1.165) is 29.0 Å².